The monoisotopic (exact) mass is 286 g/mol. The summed E-state index contributed by atoms with van der Waals surface area (Å²) in [7, 11) is 1.51. The zero-order valence-electron chi connectivity index (χ0n) is 10.9. The van der Waals surface area contributed by atoms with Gasteiger partial charge in [-0.05, 0) is 23.9 Å². The van der Waals surface area contributed by atoms with Crippen LogP contribution in [0.3, 0.4) is 0 Å². The molecule has 0 bridgehead atoms. The van der Waals surface area contributed by atoms with E-state index in [-0.39, 0.29) is 5.91 Å². The minimum absolute atomic E-state index is 0.275. The molecule has 20 heavy (non-hydrogen) atoms. The average Bonchev–Trinajstić information content (AvgIpc) is 2.48. The first kappa shape index (κ1) is 14.1. The van der Waals surface area contributed by atoms with Crippen molar-refractivity contribution in [3.05, 3.63) is 77.0 Å². The molecule has 1 amide bonds. The fraction of sp³-hybridized carbons (Fsp3) is 0.0625. The highest BCUT2D eigenvalue weighted by Crippen LogP contribution is 2.22. The first-order valence-electron chi connectivity index (χ1n) is 5.98. The summed E-state index contributed by atoms with van der Waals surface area (Å²) >= 11 is 5.89. The lowest BCUT2D eigenvalue weighted by molar-refractivity contribution is 0.0967. The average molecular weight is 287 g/mol. The smallest absolute Gasteiger partial charge is 0.259 e. The van der Waals surface area contributed by atoms with Crippen molar-refractivity contribution in [3.63, 3.8) is 0 Å². The molecule has 0 heterocycles. The number of rotatable bonds is 4. The maximum Gasteiger partial charge on any atom is 0.259 e. The van der Waals surface area contributed by atoms with Gasteiger partial charge in [0.1, 0.15) is 5.75 Å². The summed E-state index contributed by atoms with van der Waals surface area (Å²) in [5.41, 5.74) is 4.30. The third-order valence-corrected chi connectivity index (χ3v) is 2.88. The molecule has 1 aromatic rings. The van der Waals surface area contributed by atoms with Gasteiger partial charge < -0.3 is 10.1 Å². The van der Waals surface area contributed by atoms with Crippen LogP contribution in [0.1, 0.15) is 10.4 Å². The van der Waals surface area contributed by atoms with E-state index in [9.17, 15) is 4.79 Å². The number of hydrogen-bond donors (Lipinski definition) is 1. The number of halogens is 1. The van der Waals surface area contributed by atoms with E-state index in [1.54, 1.807) is 30.5 Å². The van der Waals surface area contributed by atoms with Gasteiger partial charge in [-0.1, -0.05) is 11.6 Å². The number of methoxy groups -OCH3 is 1. The molecule has 1 N–H and O–H groups in total. The quantitative estimate of drug-likeness (QED) is 0.680. The Morgan fingerprint density at radius 2 is 2.35 bits per heavy atom. The molecule has 0 aromatic heterocycles. The molecule has 0 fully saturated rings. The van der Waals surface area contributed by atoms with Crippen molar-refractivity contribution in [1.29, 1.82) is 0 Å². The van der Waals surface area contributed by atoms with Crippen molar-refractivity contribution in [2.24, 2.45) is 0 Å². The van der Waals surface area contributed by atoms with Crippen LogP contribution in [0.15, 0.2) is 60.0 Å². The SMILES string of the molecule is COc1ccc(Cl)cc1C(=O)N/C=C/C1=CC=C=C[CH+]1. The fourth-order valence-electron chi connectivity index (χ4n) is 1.66. The van der Waals surface area contributed by atoms with Crippen LogP contribution in [0.4, 0.5) is 0 Å². The van der Waals surface area contributed by atoms with Crippen LogP contribution >= 0.6 is 11.6 Å². The highest BCUT2D eigenvalue weighted by Gasteiger charge is 2.11. The van der Waals surface area contributed by atoms with Crippen molar-refractivity contribution >= 4 is 17.5 Å². The standard InChI is InChI=1S/C16H12ClNO2/c1-20-15-8-7-13(17)11-14(15)16(19)18-10-9-12-5-3-2-4-6-12/h3-11H,1H3/p+1/b10-9+. The lowest BCUT2D eigenvalue weighted by Crippen LogP contribution is -2.18. The van der Waals surface area contributed by atoms with Gasteiger partial charge in [0.2, 0.25) is 0 Å². The summed E-state index contributed by atoms with van der Waals surface area (Å²) in [4.78, 5) is 12.1. The Balaban J connectivity index is 2.05. The first-order valence-corrected chi connectivity index (χ1v) is 6.35. The zero-order chi connectivity index (χ0) is 14.4. The van der Waals surface area contributed by atoms with Crippen LogP contribution < -0.4 is 10.1 Å². The fourth-order valence-corrected chi connectivity index (χ4v) is 1.83. The van der Waals surface area contributed by atoms with E-state index < -0.39 is 0 Å². The molecular weight excluding hydrogens is 274 g/mol. The van der Waals surface area contributed by atoms with E-state index in [0.29, 0.717) is 16.3 Å². The van der Waals surface area contributed by atoms with Gasteiger partial charge in [0.05, 0.1) is 30.4 Å². The lowest BCUT2D eigenvalue weighted by atomic mass is 10.1. The first-order chi connectivity index (χ1) is 9.70. The van der Waals surface area contributed by atoms with E-state index in [1.807, 2.05) is 24.6 Å². The molecule has 100 valence electrons. The van der Waals surface area contributed by atoms with E-state index in [4.69, 9.17) is 16.3 Å². The van der Waals surface area contributed by atoms with E-state index in [0.717, 1.165) is 5.57 Å². The van der Waals surface area contributed by atoms with E-state index in [1.165, 1.54) is 7.11 Å². The summed E-state index contributed by atoms with van der Waals surface area (Å²) in [5.74, 6) is 0.206. The number of carbonyl (C=O) groups excluding carboxylic acids is 1. The molecule has 0 spiro atoms. The van der Waals surface area contributed by atoms with E-state index >= 15 is 0 Å². The maximum atomic E-state index is 12.1. The summed E-state index contributed by atoms with van der Waals surface area (Å²) in [6.07, 6.45) is 10.8. The number of nitrogens with one attached hydrogen (secondary N) is 1. The van der Waals surface area contributed by atoms with E-state index in [2.05, 4.69) is 11.0 Å². The second kappa shape index (κ2) is 6.71. The second-order valence-electron chi connectivity index (χ2n) is 3.98. The molecule has 3 nitrogen and oxygen atoms in total. The van der Waals surface area contributed by atoms with Gasteiger partial charge in [0.25, 0.3) is 5.91 Å². The number of amides is 1. The largest absolute Gasteiger partial charge is 0.496 e. The molecular formula is C16H13ClNO2+. The molecule has 0 atom stereocenters. The van der Waals surface area contributed by atoms with Gasteiger partial charge in [0.15, 0.2) is 0 Å². The molecule has 0 radical (unpaired) electrons. The molecule has 4 heteroatoms. The van der Waals surface area contributed by atoms with Gasteiger partial charge in [-0.3, -0.25) is 4.79 Å². The summed E-state index contributed by atoms with van der Waals surface area (Å²) in [6, 6.07) is 4.91. The Morgan fingerprint density at radius 1 is 1.50 bits per heavy atom. The predicted molar refractivity (Wildman–Crippen MR) is 79.6 cm³/mol. The van der Waals surface area contributed by atoms with Crippen LogP contribution in [0.25, 0.3) is 0 Å². The van der Waals surface area contributed by atoms with Crippen LogP contribution in [0.2, 0.25) is 5.02 Å². The number of benzene rings is 1. The third kappa shape index (κ3) is 3.58. The highest BCUT2D eigenvalue weighted by atomic mass is 35.5. The minimum atomic E-state index is -0.275. The maximum absolute atomic E-state index is 12.1. The normalized spacial score (nSPS) is 13.0. The zero-order valence-corrected chi connectivity index (χ0v) is 11.6. The van der Waals surface area contributed by atoms with Crippen molar-refractivity contribution in [2.45, 2.75) is 0 Å². The van der Waals surface area contributed by atoms with Gasteiger partial charge in [0, 0.05) is 29.8 Å². The molecule has 1 aliphatic carbocycles. The van der Waals surface area contributed by atoms with Crippen molar-refractivity contribution in [3.8, 4) is 5.75 Å². The number of carbonyl (C=O) groups is 1. The number of allylic oxidation sites excluding steroid dienone is 4. The van der Waals surface area contributed by atoms with Gasteiger partial charge in [-0.2, -0.15) is 0 Å². The Hall–Kier alpha value is -2.35. The molecule has 2 rings (SSSR count). The molecule has 0 saturated carbocycles. The Kier molecular flexibility index (Phi) is 4.72. The van der Waals surface area contributed by atoms with Crippen LogP contribution in [-0.4, -0.2) is 13.0 Å². The third-order valence-electron chi connectivity index (χ3n) is 2.64. The van der Waals surface area contributed by atoms with Gasteiger partial charge in [-0.15, -0.1) is 0 Å². The molecule has 0 saturated heterocycles. The number of ether oxygens (including phenoxy) is 1. The molecule has 0 aliphatic heterocycles. The van der Waals surface area contributed by atoms with Crippen molar-refractivity contribution in [1.82, 2.24) is 5.32 Å². The summed E-state index contributed by atoms with van der Waals surface area (Å²) < 4.78 is 5.14. The number of hydrogen-bond acceptors (Lipinski definition) is 2. The lowest BCUT2D eigenvalue weighted by Gasteiger charge is -2.07. The predicted octanol–water partition coefficient (Wildman–Crippen LogP) is 3.45. The Morgan fingerprint density at radius 3 is 3.05 bits per heavy atom. The van der Waals surface area contributed by atoms with Gasteiger partial charge >= 0.3 is 0 Å². The Labute approximate surface area is 122 Å². The minimum Gasteiger partial charge on any atom is -0.496 e. The highest BCUT2D eigenvalue weighted by molar-refractivity contribution is 6.31. The van der Waals surface area contributed by atoms with Crippen molar-refractivity contribution < 1.29 is 9.53 Å². The van der Waals surface area contributed by atoms with Crippen LogP contribution in [-0.2, 0) is 0 Å². The molecule has 1 aromatic carbocycles. The van der Waals surface area contributed by atoms with Crippen LogP contribution in [0.5, 0.6) is 5.75 Å². The molecule has 0 unspecified atom stereocenters. The summed E-state index contributed by atoms with van der Waals surface area (Å²) in [6.45, 7) is 0. The van der Waals surface area contributed by atoms with Gasteiger partial charge in [-0.25, -0.2) is 0 Å². The summed E-state index contributed by atoms with van der Waals surface area (Å²) in [5, 5.41) is 3.17. The molecule has 1 aliphatic rings. The Bertz CT molecular complexity index is 638. The van der Waals surface area contributed by atoms with Crippen LogP contribution in [0, 0.1) is 6.42 Å². The topological polar surface area (TPSA) is 38.3 Å². The van der Waals surface area contributed by atoms with Crippen molar-refractivity contribution in [2.75, 3.05) is 7.11 Å². The second-order valence-corrected chi connectivity index (χ2v) is 4.42.